The van der Waals surface area contributed by atoms with Crippen molar-refractivity contribution in [1.29, 1.82) is 0 Å². The number of aromatic amines is 1. The molecule has 1 aromatic heterocycles. The van der Waals surface area contributed by atoms with Gasteiger partial charge in [-0.3, -0.25) is 4.57 Å². The lowest BCUT2D eigenvalue weighted by Crippen LogP contribution is -2.30. The van der Waals surface area contributed by atoms with Gasteiger partial charge in [-0.05, 0) is 30.3 Å². The van der Waals surface area contributed by atoms with Gasteiger partial charge in [-0.2, -0.15) is 0 Å². The van der Waals surface area contributed by atoms with Crippen molar-refractivity contribution < 1.29 is 8.42 Å². The third-order valence-corrected chi connectivity index (χ3v) is 5.11. The maximum absolute atomic E-state index is 12.2. The lowest BCUT2D eigenvalue weighted by atomic mass is 10.3. The summed E-state index contributed by atoms with van der Waals surface area (Å²) in [6, 6.07) is 13.3. The number of benzene rings is 2. The lowest BCUT2D eigenvalue weighted by Gasteiger charge is -2.08. The van der Waals surface area contributed by atoms with Crippen molar-refractivity contribution in [3.8, 4) is 0 Å². The fourth-order valence-electron chi connectivity index (χ4n) is 2.34. The van der Waals surface area contributed by atoms with Crippen LogP contribution in [0.1, 0.15) is 0 Å². The van der Waals surface area contributed by atoms with Crippen molar-refractivity contribution in [2.24, 2.45) is 0 Å². The van der Waals surface area contributed by atoms with E-state index in [1.54, 1.807) is 24.3 Å². The van der Waals surface area contributed by atoms with E-state index >= 15 is 0 Å². The summed E-state index contributed by atoms with van der Waals surface area (Å²) in [5.41, 5.74) is 1.18. The third-order valence-electron chi connectivity index (χ3n) is 3.42. The maximum Gasteiger partial charge on any atom is 0.326 e. The number of fused-ring (bicyclic) bond motifs is 1. The quantitative estimate of drug-likeness (QED) is 0.737. The summed E-state index contributed by atoms with van der Waals surface area (Å²) in [4.78, 5) is 14.7. The zero-order valence-electron chi connectivity index (χ0n) is 12.0. The second-order valence-electron chi connectivity index (χ2n) is 4.95. The molecule has 0 spiro atoms. The van der Waals surface area contributed by atoms with E-state index < -0.39 is 10.0 Å². The predicted molar refractivity (Wildman–Crippen MR) is 89.2 cm³/mol. The minimum absolute atomic E-state index is 0.0938. The van der Waals surface area contributed by atoms with E-state index in [2.05, 4.69) is 9.71 Å². The Labute approximate surface area is 137 Å². The Hall–Kier alpha value is -2.09. The van der Waals surface area contributed by atoms with Crippen LogP contribution in [0.15, 0.2) is 58.2 Å². The maximum atomic E-state index is 12.2. The molecule has 0 saturated heterocycles. The van der Waals surface area contributed by atoms with Gasteiger partial charge in [0.05, 0.1) is 15.9 Å². The van der Waals surface area contributed by atoms with Crippen LogP contribution in [0.5, 0.6) is 0 Å². The number of nitrogens with one attached hydrogen (secondary N) is 2. The third kappa shape index (κ3) is 3.31. The molecule has 0 saturated carbocycles. The number of halogens is 1. The van der Waals surface area contributed by atoms with Crippen molar-refractivity contribution in [1.82, 2.24) is 14.3 Å². The number of nitrogens with zero attached hydrogens (tertiary/aromatic N) is 1. The van der Waals surface area contributed by atoms with E-state index in [-0.39, 0.29) is 23.7 Å². The van der Waals surface area contributed by atoms with Gasteiger partial charge in [0, 0.05) is 18.1 Å². The van der Waals surface area contributed by atoms with Gasteiger partial charge in [0.15, 0.2) is 0 Å². The molecule has 0 aliphatic heterocycles. The predicted octanol–water partition coefficient (Wildman–Crippen LogP) is 1.96. The van der Waals surface area contributed by atoms with Crippen LogP contribution in [0.25, 0.3) is 11.0 Å². The number of aromatic nitrogens is 2. The van der Waals surface area contributed by atoms with Crippen LogP contribution < -0.4 is 10.4 Å². The highest BCUT2D eigenvalue weighted by molar-refractivity contribution is 7.89. The first-order chi connectivity index (χ1) is 11.0. The Kier molecular flexibility index (Phi) is 4.25. The SMILES string of the molecule is O=c1[nH]c2ccccc2n1CCNS(=O)(=O)c1cccc(Cl)c1. The fraction of sp³-hybridized carbons (Fsp3) is 0.133. The highest BCUT2D eigenvalue weighted by Gasteiger charge is 2.14. The first-order valence-corrected chi connectivity index (χ1v) is 8.76. The smallest absolute Gasteiger partial charge is 0.306 e. The van der Waals surface area contributed by atoms with Crippen molar-refractivity contribution >= 4 is 32.7 Å². The monoisotopic (exact) mass is 351 g/mol. The first kappa shape index (κ1) is 15.8. The Morgan fingerprint density at radius 3 is 2.70 bits per heavy atom. The molecule has 0 aliphatic rings. The van der Waals surface area contributed by atoms with Gasteiger partial charge in [0.25, 0.3) is 0 Å². The molecule has 0 fully saturated rings. The lowest BCUT2D eigenvalue weighted by molar-refractivity contribution is 0.572. The molecule has 2 aromatic carbocycles. The van der Waals surface area contributed by atoms with Crippen LogP contribution in [-0.2, 0) is 16.6 Å². The van der Waals surface area contributed by atoms with Crippen LogP contribution in [-0.4, -0.2) is 24.5 Å². The Morgan fingerprint density at radius 1 is 1.13 bits per heavy atom. The number of imidazole rings is 1. The number of para-hydroxylation sites is 2. The van der Waals surface area contributed by atoms with E-state index in [1.165, 1.54) is 16.7 Å². The van der Waals surface area contributed by atoms with Crippen LogP contribution in [0.3, 0.4) is 0 Å². The summed E-state index contributed by atoms with van der Waals surface area (Å²) in [5, 5.41) is 0.348. The number of hydrogen-bond acceptors (Lipinski definition) is 3. The minimum atomic E-state index is -3.66. The molecule has 0 unspecified atom stereocenters. The fourth-order valence-corrected chi connectivity index (χ4v) is 3.66. The minimum Gasteiger partial charge on any atom is -0.306 e. The Bertz CT molecular complexity index is 1010. The van der Waals surface area contributed by atoms with Crippen molar-refractivity contribution in [2.45, 2.75) is 11.4 Å². The van der Waals surface area contributed by atoms with Crippen molar-refractivity contribution in [2.75, 3.05) is 6.54 Å². The Balaban J connectivity index is 1.76. The molecule has 23 heavy (non-hydrogen) atoms. The van der Waals surface area contributed by atoms with Crippen LogP contribution in [0.2, 0.25) is 5.02 Å². The van der Waals surface area contributed by atoms with Crippen LogP contribution in [0.4, 0.5) is 0 Å². The van der Waals surface area contributed by atoms with Gasteiger partial charge in [0.2, 0.25) is 10.0 Å². The molecule has 6 nitrogen and oxygen atoms in total. The van der Waals surface area contributed by atoms with Gasteiger partial charge in [-0.25, -0.2) is 17.9 Å². The van der Waals surface area contributed by atoms with Gasteiger partial charge >= 0.3 is 5.69 Å². The highest BCUT2D eigenvalue weighted by Crippen LogP contribution is 2.15. The zero-order chi connectivity index (χ0) is 16.4. The standard InChI is InChI=1S/C15H14ClN3O3S/c16-11-4-3-5-12(10-11)23(21,22)17-8-9-19-14-7-2-1-6-13(14)18-15(19)20/h1-7,10,17H,8-9H2,(H,18,20). The molecule has 8 heteroatoms. The van der Waals surface area contributed by atoms with E-state index in [0.717, 1.165) is 11.0 Å². The average Bonchev–Trinajstić information content (AvgIpc) is 2.83. The van der Waals surface area contributed by atoms with Gasteiger partial charge in [-0.15, -0.1) is 0 Å². The topological polar surface area (TPSA) is 84.0 Å². The molecule has 1 heterocycles. The summed E-state index contributed by atoms with van der Waals surface area (Å²) >= 11 is 5.81. The van der Waals surface area contributed by atoms with Crippen molar-refractivity contribution in [3.05, 3.63) is 64.0 Å². The normalized spacial score (nSPS) is 11.9. The van der Waals surface area contributed by atoms with E-state index in [0.29, 0.717) is 5.02 Å². The molecular formula is C15H14ClN3O3S. The van der Waals surface area contributed by atoms with Gasteiger partial charge in [-0.1, -0.05) is 29.8 Å². The summed E-state index contributed by atoms with van der Waals surface area (Å²) in [6.07, 6.45) is 0. The molecule has 0 amide bonds. The van der Waals surface area contributed by atoms with E-state index in [4.69, 9.17) is 11.6 Å². The van der Waals surface area contributed by atoms with Gasteiger partial charge < -0.3 is 4.98 Å². The first-order valence-electron chi connectivity index (χ1n) is 6.90. The molecule has 0 aliphatic carbocycles. The van der Waals surface area contributed by atoms with Gasteiger partial charge in [0.1, 0.15) is 0 Å². The molecule has 0 radical (unpaired) electrons. The number of H-pyrrole nitrogens is 1. The molecule has 0 atom stereocenters. The number of hydrogen-bond donors (Lipinski definition) is 2. The van der Waals surface area contributed by atoms with Crippen LogP contribution in [0, 0.1) is 0 Å². The summed E-state index contributed by atoms with van der Waals surface area (Å²) in [6.45, 7) is 0.319. The summed E-state index contributed by atoms with van der Waals surface area (Å²) < 4.78 is 28.4. The second kappa shape index (κ2) is 6.19. The second-order valence-corrected chi connectivity index (χ2v) is 7.16. The number of rotatable bonds is 5. The summed E-state index contributed by atoms with van der Waals surface area (Å²) in [5.74, 6) is 0. The Morgan fingerprint density at radius 2 is 1.91 bits per heavy atom. The largest absolute Gasteiger partial charge is 0.326 e. The zero-order valence-corrected chi connectivity index (χ0v) is 13.6. The van der Waals surface area contributed by atoms with E-state index in [1.807, 2.05) is 12.1 Å². The molecule has 120 valence electrons. The average molecular weight is 352 g/mol. The molecular weight excluding hydrogens is 338 g/mol. The number of sulfonamides is 1. The highest BCUT2D eigenvalue weighted by atomic mass is 35.5. The molecule has 2 N–H and O–H groups in total. The van der Waals surface area contributed by atoms with Crippen LogP contribution >= 0.6 is 11.6 Å². The molecule has 3 rings (SSSR count). The molecule has 0 bridgehead atoms. The molecule has 3 aromatic rings. The van der Waals surface area contributed by atoms with E-state index in [9.17, 15) is 13.2 Å². The van der Waals surface area contributed by atoms with Crippen molar-refractivity contribution in [3.63, 3.8) is 0 Å². The summed E-state index contributed by atoms with van der Waals surface area (Å²) in [7, 11) is -3.66.